The van der Waals surface area contributed by atoms with Gasteiger partial charge in [-0.1, -0.05) is 167 Å². The van der Waals surface area contributed by atoms with Crippen molar-refractivity contribution in [1.82, 2.24) is 16.0 Å². The maximum atomic E-state index is 13.6. The summed E-state index contributed by atoms with van der Waals surface area (Å²) >= 11 is 0. The number of allylic oxidation sites excluding steroid dienone is 1. The molecule has 4 aliphatic rings. The molecule has 0 bridgehead atoms. The molecule has 0 aromatic rings. The Balaban J connectivity index is 1.52. The summed E-state index contributed by atoms with van der Waals surface area (Å²) in [6, 6.07) is -4.73. The highest BCUT2D eigenvalue weighted by atomic mass is 16.8. The van der Waals surface area contributed by atoms with Gasteiger partial charge in [-0.3, -0.25) is 14.4 Å². The summed E-state index contributed by atoms with van der Waals surface area (Å²) in [6.45, 7) is 1.08. The van der Waals surface area contributed by atoms with Crippen molar-refractivity contribution in [3.63, 3.8) is 0 Å². The summed E-state index contributed by atoms with van der Waals surface area (Å²) in [5, 5.41) is 185. The van der Waals surface area contributed by atoms with Crippen LogP contribution >= 0.6 is 0 Å². The highest BCUT2D eigenvalue weighted by molar-refractivity contribution is 5.78. The number of amides is 3. The van der Waals surface area contributed by atoms with E-state index in [2.05, 4.69) is 29.8 Å². The van der Waals surface area contributed by atoms with Crippen molar-refractivity contribution in [1.29, 1.82) is 0 Å². The van der Waals surface area contributed by atoms with Gasteiger partial charge >= 0.3 is 11.9 Å². The molecule has 24 unspecified atom stereocenters. The Kier molecular flexibility index (Phi) is 41.0. The Bertz CT molecular complexity index is 2370. The third-order valence-electron chi connectivity index (χ3n) is 19.0. The average Bonchev–Trinajstić information content (AvgIpc) is 0.757. The molecule has 582 valence electrons. The number of ether oxygens (including phenoxy) is 8. The van der Waals surface area contributed by atoms with Gasteiger partial charge in [-0.15, -0.1) is 0 Å². The summed E-state index contributed by atoms with van der Waals surface area (Å²) in [5.41, 5.74) is 0. The average molecular weight is 1440 g/mol. The predicted molar refractivity (Wildman–Crippen MR) is 354 cm³/mol. The van der Waals surface area contributed by atoms with Crippen LogP contribution in [0, 0.1) is 0 Å². The quantitative estimate of drug-likeness (QED) is 0.0271. The number of unbranched alkanes of at least 4 members (excludes halogenated alkanes) is 23. The molecule has 0 aliphatic carbocycles. The molecule has 4 heterocycles. The Morgan fingerprint density at radius 1 is 0.540 bits per heavy atom. The van der Waals surface area contributed by atoms with Gasteiger partial charge in [-0.05, 0) is 19.3 Å². The van der Waals surface area contributed by atoms with Gasteiger partial charge < -0.3 is 136 Å². The first-order chi connectivity index (χ1) is 47.7. The van der Waals surface area contributed by atoms with Gasteiger partial charge in [0.2, 0.25) is 17.7 Å². The van der Waals surface area contributed by atoms with Crippen molar-refractivity contribution in [2.24, 2.45) is 0 Å². The molecule has 0 radical (unpaired) electrons. The second-order valence-corrected chi connectivity index (χ2v) is 27.2. The summed E-state index contributed by atoms with van der Waals surface area (Å²) in [7, 11) is 0. The van der Waals surface area contributed by atoms with E-state index in [0.717, 1.165) is 65.2 Å². The number of rotatable bonds is 50. The van der Waals surface area contributed by atoms with Gasteiger partial charge in [0.25, 0.3) is 11.6 Å². The minimum absolute atomic E-state index is 0.155. The molecule has 19 N–H and O–H groups in total. The zero-order chi connectivity index (χ0) is 74.1. The molecule has 0 aromatic heterocycles. The highest BCUT2D eigenvalue weighted by Crippen LogP contribution is 2.41. The molecule has 4 saturated heterocycles. The van der Waals surface area contributed by atoms with Crippen LogP contribution in [0.3, 0.4) is 0 Å². The molecule has 100 heavy (non-hydrogen) atoms. The first-order valence-corrected chi connectivity index (χ1v) is 36.2. The maximum absolute atomic E-state index is 13.6. The van der Waals surface area contributed by atoms with Gasteiger partial charge in [0.05, 0.1) is 69.5 Å². The van der Waals surface area contributed by atoms with Crippen LogP contribution in [0.25, 0.3) is 0 Å². The lowest BCUT2D eigenvalue weighted by Crippen LogP contribution is -2.72. The zero-order valence-electron chi connectivity index (χ0n) is 58.7. The smallest absolute Gasteiger partial charge is 0.364 e. The number of carbonyl (C=O) groups is 5. The molecule has 0 spiro atoms. The minimum Gasteiger partial charge on any atom is -0.477 e. The van der Waals surface area contributed by atoms with E-state index in [1.165, 1.54) is 96.3 Å². The highest BCUT2D eigenvalue weighted by Gasteiger charge is 2.62. The number of aliphatic carboxylic acids is 2. The molecule has 4 aliphatic heterocycles. The molecule has 0 saturated carbocycles. The Morgan fingerprint density at radius 3 is 1.47 bits per heavy atom. The van der Waals surface area contributed by atoms with Crippen LogP contribution in [0.4, 0.5) is 0 Å². The summed E-state index contributed by atoms with van der Waals surface area (Å²) in [5.74, 6) is -13.1. The molecular formula is C68H121N3O29. The van der Waals surface area contributed by atoms with Crippen LogP contribution in [0.5, 0.6) is 0 Å². The van der Waals surface area contributed by atoms with E-state index in [-0.39, 0.29) is 12.3 Å². The number of aliphatic hydroxyl groups is 14. The van der Waals surface area contributed by atoms with Crippen molar-refractivity contribution < 1.29 is 144 Å². The number of carboxylic acid groups (broad SMARTS) is 2. The fraction of sp³-hybridized carbons (Fsp3) is 0.897. The van der Waals surface area contributed by atoms with E-state index >= 15 is 0 Å². The van der Waals surface area contributed by atoms with Crippen LogP contribution < -0.4 is 16.0 Å². The Morgan fingerprint density at radius 2 is 1.00 bits per heavy atom. The molecule has 4 rings (SSSR count). The molecule has 0 aromatic carbocycles. The lowest BCUT2D eigenvalue weighted by molar-refractivity contribution is -0.388. The lowest BCUT2D eigenvalue weighted by Gasteiger charge is -2.51. The fourth-order valence-corrected chi connectivity index (χ4v) is 13.2. The normalized spacial score (nSPS) is 32.1. The molecule has 24 atom stereocenters. The first kappa shape index (κ1) is 88.6. The molecular weight excluding hydrogens is 1320 g/mol. The Hall–Kier alpha value is -3.79. The monoisotopic (exact) mass is 1440 g/mol. The summed E-state index contributed by atoms with van der Waals surface area (Å²) in [4.78, 5) is 64.9. The van der Waals surface area contributed by atoms with E-state index in [1.807, 2.05) is 6.08 Å². The van der Waals surface area contributed by atoms with Crippen LogP contribution in [0.1, 0.15) is 207 Å². The van der Waals surface area contributed by atoms with Crippen molar-refractivity contribution >= 4 is 29.7 Å². The molecule has 4 fully saturated rings. The van der Waals surface area contributed by atoms with E-state index in [4.69, 9.17) is 37.9 Å². The zero-order valence-corrected chi connectivity index (χ0v) is 58.7. The van der Waals surface area contributed by atoms with E-state index < -0.39 is 216 Å². The van der Waals surface area contributed by atoms with Crippen molar-refractivity contribution in [3.8, 4) is 0 Å². The van der Waals surface area contributed by atoms with Crippen LogP contribution in [0.2, 0.25) is 0 Å². The van der Waals surface area contributed by atoms with Crippen LogP contribution in [-0.2, 0) is 61.9 Å². The Labute approximate surface area is 586 Å². The number of carbonyl (C=O) groups excluding carboxylic acids is 3. The summed E-state index contributed by atoms with van der Waals surface area (Å²) < 4.78 is 46.4. The van der Waals surface area contributed by atoms with Gasteiger partial charge in [-0.2, -0.15) is 0 Å². The molecule has 32 nitrogen and oxygen atoms in total. The van der Waals surface area contributed by atoms with Crippen molar-refractivity contribution in [2.45, 2.75) is 354 Å². The number of hydrogen-bond donors (Lipinski definition) is 19. The third kappa shape index (κ3) is 27.3. The van der Waals surface area contributed by atoms with Crippen molar-refractivity contribution in [3.05, 3.63) is 12.2 Å². The number of nitrogens with one attached hydrogen (secondary N) is 3. The van der Waals surface area contributed by atoms with Gasteiger partial charge in [0.1, 0.15) is 85.5 Å². The minimum atomic E-state index is -3.39. The lowest BCUT2D eigenvalue weighted by atomic mass is 9.87. The standard InChI is InChI=1S/C68H121N3O29/c1-5-7-9-11-13-15-17-19-21-23-25-27-29-31-43(78)42(71-50(82)32-30-28-26-24-22-20-18-16-14-12-10-8-6-2)39-93-63-57(87)56(86)59(49(38-75)95-63)96-64-58(88)62(54(84)47(36-73)94-64)100-68(66(91)92)34-45(80)52(70-41(4)77)61(99-68)55(85)48(37-74)97-67(65(89)90)33-44(79)51(69-40(3)76)60(98-67)53(83)46(81)35-72/h29,31,42-49,51-64,72-75,78-81,83-88H,5-28,30,32-39H2,1-4H3,(H,69,76)(H,70,77)(H,71,82)(H,89,90)(H,91,92). The van der Waals surface area contributed by atoms with Gasteiger partial charge in [0.15, 0.2) is 12.6 Å². The predicted octanol–water partition coefficient (Wildman–Crippen LogP) is -0.441. The second kappa shape index (κ2) is 46.2. The third-order valence-corrected chi connectivity index (χ3v) is 19.0. The van der Waals surface area contributed by atoms with E-state index in [1.54, 1.807) is 6.08 Å². The molecule has 3 amide bonds. The largest absolute Gasteiger partial charge is 0.477 e. The number of carboxylic acids is 2. The van der Waals surface area contributed by atoms with E-state index in [0.29, 0.717) is 12.8 Å². The van der Waals surface area contributed by atoms with Gasteiger partial charge in [-0.25, -0.2) is 9.59 Å². The van der Waals surface area contributed by atoms with Crippen LogP contribution in [-0.4, -0.2) is 290 Å². The molecule has 32 heteroatoms. The fourth-order valence-electron chi connectivity index (χ4n) is 13.2. The number of hydrogen-bond acceptors (Lipinski definition) is 27. The number of aliphatic hydroxyl groups excluding tert-OH is 14. The second-order valence-electron chi connectivity index (χ2n) is 27.2. The van der Waals surface area contributed by atoms with E-state index in [9.17, 15) is 106 Å². The first-order valence-electron chi connectivity index (χ1n) is 36.2. The maximum Gasteiger partial charge on any atom is 0.364 e. The topological polar surface area (TPSA) is 519 Å². The summed E-state index contributed by atoms with van der Waals surface area (Å²) in [6.07, 6.45) is -11.1. The van der Waals surface area contributed by atoms with Crippen LogP contribution in [0.15, 0.2) is 12.2 Å². The SMILES string of the molecule is CCCCCCCCCCCCCC=CC(O)C(COC1OC(CO)C(OC2OC(CO)C(O)C(OC3(C(=O)O)CC(O)C(NC(C)=O)C(C(O)C(CO)OC4(C(=O)O)CC(O)C(NC(C)=O)C(C(O)C(O)CO)O4)O3)C2O)C(O)C1O)NC(=O)CCCCCCCCCCCCCCC. The van der Waals surface area contributed by atoms with Gasteiger partial charge in [0, 0.05) is 33.1 Å². The van der Waals surface area contributed by atoms with Crippen molar-refractivity contribution in [2.75, 3.05) is 33.0 Å².